The number of rotatable bonds is 8. The molecule has 1 heterocycles. The molecule has 1 aromatic heterocycles. The number of nitrogens with zero attached hydrogens (tertiary/aromatic N) is 1. The molecule has 1 rings (SSSR count). The highest BCUT2D eigenvalue weighted by Gasteiger charge is 1.96. The van der Waals surface area contributed by atoms with E-state index in [9.17, 15) is 0 Å². The molecule has 0 saturated heterocycles. The highest BCUT2D eigenvalue weighted by atomic mass is 16.5. The quantitative estimate of drug-likeness (QED) is 0.662. The number of hydrogen-bond acceptors (Lipinski definition) is 4. The first-order valence-electron chi connectivity index (χ1n) is 5.90. The predicted molar refractivity (Wildman–Crippen MR) is 66.8 cm³/mol. The minimum Gasteiger partial charge on any atom is -0.478 e. The van der Waals surface area contributed by atoms with Crippen LogP contribution in [0.2, 0.25) is 0 Å². The summed E-state index contributed by atoms with van der Waals surface area (Å²) in [7, 11) is 0. The van der Waals surface area contributed by atoms with Crippen LogP contribution in [0.15, 0.2) is 18.2 Å². The van der Waals surface area contributed by atoms with E-state index in [0.717, 1.165) is 38.2 Å². The Balaban J connectivity index is 2.27. The van der Waals surface area contributed by atoms with Crippen molar-refractivity contribution in [3.63, 3.8) is 0 Å². The van der Waals surface area contributed by atoms with Crippen LogP contribution in [-0.2, 0) is 0 Å². The van der Waals surface area contributed by atoms with Crippen LogP contribution in [0.5, 0.6) is 5.88 Å². The molecule has 0 saturated carbocycles. The van der Waals surface area contributed by atoms with E-state index in [1.54, 1.807) is 0 Å². The van der Waals surface area contributed by atoms with Gasteiger partial charge in [0, 0.05) is 12.6 Å². The number of aromatic nitrogens is 1. The van der Waals surface area contributed by atoms with Crippen molar-refractivity contribution in [2.45, 2.75) is 26.2 Å². The summed E-state index contributed by atoms with van der Waals surface area (Å²) < 4.78 is 5.32. The summed E-state index contributed by atoms with van der Waals surface area (Å²) in [4.78, 5) is 4.32. The number of hydrogen-bond donors (Lipinski definition) is 2. The van der Waals surface area contributed by atoms with E-state index in [1.165, 1.54) is 0 Å². The van der Waals surface area contributed by atoms with Gasteiger partial charge in [-0.15, -0.1) is 0 Å². The summed E-state index contributed by atoms with van der Waals surface area (Å²) in [6.07, 6.45) is 3.38. The van der Waals surface area contributed by atoms with Gasteiger partial charge in [-0.25, -0.2) is 0 Å². The summed E-state index contributed by atoms with van der Waals surface area (Å²) in [5.74, 6) is 1.55. The van der Waals surface area contributed by atoms with Crippen LogP contribution in [0.3, 0.4) is 0 Å². The van der Waals surface area contributed by atoms with Crippen molar-refractivity contribution in [1.29, 1.82) is 0 Å². The molecular formula is C12H21N3O. The lowest BCUT2D eigenvalue weighted by molar-refractivity contribution is 0.327. The highest BCUT2D eigenvalue weighted by Crippen LogP contribution is 2.11. The van der Waals surface area contributed by atoms with Crippen LogP contribution in [0.1, 0.15) is 26.2 Å². The van der Waals surface area contributed by atoms with E-state index in [-0.39, 0.29) is 0 Å². The first-order valence-corrected chi connectivity index (χ1v) is 5.90. The zero-order valence-electron chi connectivity index (χ0n) is 9.91. The molecular weight excluding hydrogens is 202 g/mol. The third-order valence-corrected chi connectivity index (χ3v) is 2.20. The molecule has 0 aliphatic heterocycles. The molecule has 0 aliphatic carbocycles. The Kier molecular flexibility index (Phi) is 6.33. The molecule has 4 nitrogen and oxygen atoms in total. The zero-order chi connectivity index (χ0) is 11.6. The van der Waals surface area contributed by atoms with E-state index in [2.05, 4.69) is 10.3 Å². The summed E-state index contributed by atoms with van der Waals surface area (Å²) in [5.41, 5.74) is 5.43. The lowest BCUT2D eigenvalue weighted by Crippen LogP contribution is -2.05. The topological polar surface area (TPSA) is 60.2 Å². The Morgan fingerprint density at radius 1 is 1.31 bits per heavy atom. The molecule has 0 aromatic carbocycles. The van der Waals surface area contributed by atoms with Crippen molar-refractivity contribution < 1.29 is 4.74 Å². The maximum atomic E-state index is 5.43. The molecule has 0 atom stereocenters. The Labute approximate surface area is 97.2 Å². The maximum Gasteiger partial charge on any atom is 0.215 e. The van der Waals surface area contributed by atoms with Crippen LogP contribution in [0.25, 0.3) is 0 Å². The van der Waals surface area contributed by atoms with Crippen LogP contribution >= 0.6 is 0 Å². The fraction of sp³-hybridized carbons (Fsp3) is 0.583. The van der Waals surface area contributed by atoms with Crippen molar-refractivity contribution in [2.75, 3.05) is 25.0 Å². The SMILES string of the molecule is CCOc1cccc(NCCCCCN)n1. The second kappa shape index (κ2) is 7.93. The van der Waals surface area contributed by atoms with Crippen molar-refractivity contribution >= 4 is 5.82 Å². The fourth-order valence-electron chi connectivity index (χ4n) is 1.40. The van der Waals surface area contributed by atoms with Gasteiger partial charge >= 0.3 is 0 Å². The maximum absolute atomic E-state index is 5.43. The van der Waals surface area contributed by atoms with Gasteiger partial charge in [0.2, 0.25) is 5.88 Å². The second-order valence-corrected chi connectivity index (χ2v) is 3.57. The summed E-state index contributed by atoms with van der Waals surface area (Å²) >= 11 is 0. The standard InChI is InChI=1S/C12H21N3O/c1-2-16-12-8-6-7-11(15-12)14-10-5-3-4-9-13/h6-8H,2-5,9-10,13H2,1H3,(H,14,15). The van der Waals surface area contributed by atoms with Crippen molar-refractivity contribution in [3.8, 4) is 5.88 Å². The molecule has 3 N–H and O–H groups in total. The number of nitrogens with one attached hydrogen (secondary N) is 1. The van der Waals surface area contributed by atoms with Crippen molar-refractivity contribution in [2.24, 2.45) is 5.73 Å². The monoisotopic (exact) mass is 223 g/mol. The Morgan fingerprint density at radius 2 is 2.19 bits per heavy atom. The molecule has 4 heteroatoms. The molecule has 0 unspecified atom stereocenters. The first kappa shape index (κ1) is 12.8. The summed E-state index contributed by atoms with van der Waals surface area (Å²) in [6, 6.07) is 5.76. The molecule has 90 valence electrons. The van der Waals surface area contributed by atoms with Crippen LogP contribution in [0, 0.1) is 0 Å². The van der Waals surface area contributed by atoms with Gasteiger partial charge in [0.1, 0.15) is 5.82 Å². The van der Waals surface area contributed by atoms with Crippen LogP contribution < -0.4 is 15.8 Å². The van der Waals surface area contributed by atoms with Gasteiger partial charge in [-0.05, 0) is 32.4 Å². The Hall–Kier alpha value is -1.29. The Bertz CT molecular complexity index is 291. The first-order chi connectivity index (χ1) is 7.86. The average Bonchev–Trinajstić information content (AvgIpc) is 2.30. The van der Waals surface area contributed by atoms with Crippen LogP contribution in [-0.4, -0.2) is 24.7 Å². The predicted octanol–water partition coefficient (Wildman–Crippen LogP) is 2.02. The number of unbranched alkanes of at least 4 members (excludes halogenated alkanes) is 2. The van der Waals surface area contributed by atoms with Crippen LogP contribution in [0.4, 0.5) is 5.82 Å². The van der Waals surface area contributed by atoms with Crippen molar-refractivity contribution in [1.82, 2.24) is 4.98 Å². The van der Waals surface area contributed by atoms with Gasteiger partial charge < -0.3 is 15.8 Å². The highest BCUT2D eigenvalue weighted by molar-refractivity contribution is 5.36. The van der Waals surface area contributed by atoms with Crippen molar-refractivity contribution in [3.05, 3.63) is 18.2 Å². The lowest BCUT2D eigenvalue weighted by Gasteiger charge is -2.07. The largest absolute Gasteiger partial charge is 0.478 e. The number of ether oxygens (including phenoxy) is 1. The lowest BCUT2D eigenvalue weighted by atomic mass is 10.2. The van der Waals surface area contributed by atoms with Gasteiger partial charge in [0.05, 0.1) is 6.61 Å². The smallest absolute Gasteiger partial charge is 0.215 e. The molecule has 0 aliphatic rings. The molecule has 0 radical (unpaired) electrons. The molecule has 16 heavy (non-hydrogen) atoms. The van der Waals surface area contributed by atoms with E-state index in [4.69, 9.17) is 10.5 Å². The van der Waals surface area contributed by atoms with Gasteiger partial charge in [-0.1, -0.05) is 12.5 Å². The fourth-order valence-corrected chi connectivity index (χ4v) is 1.40. The summed E-state index contributed by atoms with van der Waals surface area (Å²) in [5, 5.41) is 3.27. The van der Waals surface area contributed by atoms with E-state index >= 15 is 0 Å². The van der Waals surface area contributed by atoms with Gasteiger partial charge in [-0.2, -0.15) is 4.98 Å². The third kappa shape index (κ3) is 4.98. The third-order valence-electron chi connectivity index (χ3n) is 2.20. The molecule has 0 bridgehead atoms. The molecule has 0 spiro atoms. The summed E-state index contributed by atoms with van der Waals surface area (Å²) in [6.45, 7) is 4.31. The normalized spacial score (nSPS) is 10.1. The molecule has 1 aromatic rings. The van der Waals surface area contributed by atoms with Gasteiger partial charge in [0.25, 0.3) is 0 Å². The molecule has 0 amide bonds. The minimum atomic E-state index is 0.646. The average molecular weight is 223 g/mol. The van der Waals surface area contributed by atoms with Gasteiger partial charge in [0.15, 0.2) is 0 Å². The van der Waals surface area contributed by atoms with E-state index in [1.807, 2.05) is 25.1 Å². The number of pyridine rings is 1. The van der Waals surface area contributed by atoms with E-state index in [0.29, 0.717) is 12.5 Å². The number of anilines is 1. The van der Waals surface area contributed by atoms with E-state index < -0.39 is 0 Å². The molecule has 0 fully saturated rings. The Morgan fingerprint density at radius 3 is 2.94 bits per heavy atom. The zero-order valence-corrected chi connectivity index (χ0v) is 9.91. The van der Waals surface area contributed by atoms with Gasteiger partial charge in [-0.3, -0.25) is 0 Å². The number of nitrogens with two attached hydrogens (primary N) is 1. The minimum absolute atomic E-state index is 0.646. The second-order valence-electron chi connectivity index (χ2n) is 3.57.